The Morgan fingerprint density at radius 1 is 0.259 bits per heavy atom. The van der Waals surface area contributed by atoms with Gasteiger partial charge in [-0.1, -0.05) is 140 Å². The first-order valence-electron chi connectivity index (χ1n) is 18.6. The van der Waals surface area contributed by atoms with Gasteiger partial charge in [0.2, 0.25) is 0 Å². The van der Waals surface area contributed by atoms with Crippen molar-refractivity contribution in [3.05, 3.63) is 206 Å². The van der Waals surface area contributed by atoms with E-state index < -0.39 is 0 Å². The van der Waals surface area contributed by atoms with Gasteiger partial charge < -0.3 is 9.13 Å². The molecule has 11 aromatic rings. The summed E-state index contributed by atoms with van der Waals surface area (Å²) in [4.78, 5) is 0. The van der Waals surface area contributed by atoms with E-state index in [0.717, 1.165) is 0 Å². The quantitative estimate of drug-likeness (QED) is 0.171. The second-order valence-electron chi connectivity index (χ2n) is 14.2. The van der Waals surface area contributed by atoms with Crippen LogP contribution in [0.4, 0.5) is 0 Å². The van der Waals surface area contributed by atoms with Crippen LogP contribution in [-0.2, 0) is 0 Å². The lowest BCUT2D eigenvalue weighted by Crippen LogP contribution is -1.97. The van der Waals surface area contributed by atoms with E-state index in [-0.39, 0.29) is 0 Å². The topological polar surface area (TPSA) is 9.86 Å². The van der Waals surface area contributed by atoms with Crippen molar-refractivity contribution < 1.29 is 0 Å². The first-order valence-corrected chi connectivity index (χ1v) is 18.6. The zero-order chi connectivity index (χ0) is 35.6. The molecule has 2 heteroatoms. The zero-order valence-corrected chi connectivity index (χ0v) is 29.5. The molecule has 0 bridgehead atoms. The van der Waals surface area contributed by atoms with Crippen LogP contribution in [-0.4, -0.2) is 9.13 Å². The Morgan fingerprint density at radius 2 is 0.741 bits per heavy atom. The molecule has 0 radical (unpaired) electrons. The number of para-hydroxylation sites is 3. The summed E-state index contributed by atoms with van der Waals surface area (Å²) in [6.07, 6.45) is 0. The van der Waals surface area contributed by atoms with Crippen molar-refractivity contribution >= 4 is 54.4 Å². The summed E-state index contributed by atoms with van der Waals surface area (Å²) in [5, 5.41) is 7.49. The van der Waals surface area contributed by atoms with Crippen molar-refractivity contribution in [2.45, 2.75) is 0 Å². The predicted molar refractivity (Wildman–Crippen MR) is 229 cm³/mol. The van der Waals surface area contributed by atoms with Crippen LogP contribution in [0.5, 0.6) is 0 Å². The van der Waals surface area contributed by atoms with Crippen LogP contribution in [0, 0.1) is 0 Å². The van der Waals surface area contributed by atoms with Crippen molar-refractivity contribution in [3.8, 4) is 44.8 Å². The summed E-state index contributed by atoms with van der Waals surface area (Å²) in [5.41, 5.74) is 14.4. The second kappa shape index (κ2) is 12.2. The number of fused-ring (bicyclic) bond motifs is 7. The number of hydrogen-bond donors (Lipinski definition) is 0. The average molecular weight is 687 g/mol. The van der Waals surface area contributed by atoms with Crippen LogP contribution in [0.2, 0.25) is 0 Å². The van der Waals surface area contributed by atoms with Crippen LogP contribution in [0.25, 0.3) is 99.1 Å². The Balaban J connectivity index is 1.15. The summed E-state index contributed by atoms with van der Waals surface area (Å²) in [6, 6.07) is 75.3. The van der Waals surface area contributed by atoms with E-state index in [1.165, 1.54) is 99.1 Å². The molecule has 0 unspecified atom stereocenters. The van der Waals surface area contributed by atoms with E-state index in [1.54, 1.807) is 0 Å². The van der Waals surface area contributed by atoms with Crippen molar-refractivity contribution in [1.29, 1.82) is 0 Å². The minimum absolute atomic E-state index is 1.17. The molecule has 0 aliphatic carbocycles. The first kappa shape index (κ1) is 30.5. The monoisotopic (exact) mass is 686 g/mol. The third kappa shape index (κ3) is 4.81. The largest absolute Gasteiger partial charge is 0.309 e. The maximum Gasteiger partial charge on any atom is 0.0541 e. The van der Waals surface area contributed by atoms with Gasteiger partial charge in [-0.15, -0.1) is 0 Å². The molecule has 0 saturated heterocycles. The molecule has 2 heterocycles. The Morgan fingerprint density at radius 3 is 1.44 bits per heavy atom. The van der Waals surface area contributed by atoms with E-state index in [4.69, 9.17) is 0 Å². The maximum absolute atomic E-state index is 2.46. The molecule has 54 heavy (non-hydrogen) atoms. The standard InChI is InChI=1S/C52H34N2/c1-3-14-36(15-4-1)43-19-9-11-21-48(43)54-51-29-26-39(38-24-23-35-13-7-8-16-37(35)31-38)33-46(51)47-34-41(27-30-52(47)54)40-25-28-50-45(32-40)44-20-10-12-22-49(44)53(50)42-17-5-2-6-18-42/h1-34H. The van der Waals surface area contributed by atoms with Crippen molar-refractivity contribution in [1.82, 2.24) is 9.13 Å². The predicted octanol–water partition coefficient (Wildman–Crippen LogP) is 14.0. The lowest BCUT2D eigenvalue weighted by molar-refractivity contribution is 1.18. The summed E-state index contributed by atoms with van der Waals surface area (Å²) in [5.74, 6) is 0. The highest BCUT2D eigenvalue weighted by Gasteiger charge is 2.18. The molecular weight excluding hydrogens is 653 g/mol. The summed E-state index contributed by atoms with van der Waals surface area (Å²) >= 11 is 0. The molecule has 2 nitrogen and oxygen atoms in total. The zero-order valence-electron chi connectivity index (χ0n) is 29.5. The molecule has 9 aromatic carbocycles. The highest BCUT2D eigenvalue weighted by molar-refractivity contribution is 6.13. The number of rotatable bonds is 5. The number of hydrogen-bond acceptors (Lipinski definition) is 0. The van der Waals surface area contributed by atoms with Gasteiger partial charge in [-0.3, -0.25) is 0 Å². The maximum atomic E-state index is 2.46. The molecule has 2 aromatic heterocycles. The van der Waals surface area contributed by atoms with Gasteiger partial charge in [0, 0.05) is 32.8 Å². The molecule has 252 valence electrons. The Hall–Kier alpha value is -7.16. The van der Waals surface area contributed by atoms with Gasteiger partial charge in [-0.2, -0.15) is 0 Å². The molecule has 0 spiro atoms. The summed E-state index contributed by atoms with van der Waals surface area (Å²) < 4.78 is 4.83. The fraction of sp³-hybridized carbons (Fsp3) is 0. The SMILES string of the molecule is c1ccc(-c2ccccc2-n2c3ccc(-c4ccc5ccccc5c4)cc3c3cc(-c4ccc5c(c4)c4ccccc4n5-c4ccccc4)ccc32)cc1. The van der Waals surface area contributed by atoms with Gasteiger partial charge in [0.1, 0.15) is 0 Å². The molecule has 0 fully saturated rings. The molecule has 0 atom stereocenters. The van der Waals surface area contributed by atoms with Crippen molar-refractivity contribution in [3.63, 3.8) is 0 Å². The Bertz CT molecular complexity index is 3200. The van der Waals surface area contributed by atoms with Gasteiger partial charge in [-0.05, 0) is 105 Å². The average Bonchev–Trinajstić information content (AvgIpc) is 3.76. The lowest BCUT2D eigenvalue weighted by Gasteiger charge is -2.14. The van der Waals surface area contributed by atoms with Crippen LogP contribution in [0.15, 0.2) is 206 Å². The fourth-order valence-corrected chi connectivity index (χ4v) is 8.55. The first-order chi connectivity index (χ1) is 26.8. The van der Waals surface area contributed by atoms with Crippen molar-refractivity contribution in [2.24, 2.45) is 0 Å². The third-order valence-corrected chi connectivity index (χ3v) is 11.1. The van der Waals surface area contributed by atoms with Gasteiger partial charge in [0.15, 0.2) is 0 Å². The van der Waals surface area contributed by atoms with Gasteiger partial charge in [0.25, 0.3) is 0 Å². The van der Waals surface area contributed by atoms with Crippen LogP contribution < -0.4 is 0 Å². The molecular formula is C52H34N2. The van der Waals surface area contributed by atoms with Gasteiger partial charge >= 0.3 is 0 Å². The minimum atomic E-state index is 1.17. The third-order valence-electron chi connectivity index (χ3n) is 11.1. The van der Waals surface area contributed by atoms with Gasteiger partial charge in [0.05, 0.1) is 27.8 Å². The van der Waals surface area contributed by atoms with E-state index >= 15 is 0 Å². The van der Waals surface area contributed by atoms with E-state index in [2.05, 4.69) is 215 Å². The minimum Gasteiger partial charge on any atom is -0.309 e. The lowest BCUT2D eigenvalue weighted by atomic mass is 9.98. The Kier molecular flexibility index (Phi) is 6.90. The normalized spacial score (nSPS) is 11.7. The summed E-state index contributed by atoms with van der Waals surface area (Å²) in [7, 11) is 0. The number of aromatic nitrogens is 2. The van der Waals surface area contributed by atoms with Crippen LogP contribution in [0.1, 0.15) is 0 Å². The molecule has 0 amide bonds. The molecule has 0 saturated carbocycles. The van der Waals surface area contributed by atoms with E-state index in [0.29, 0.717) is 0 Å². The smallest absolute Gasteiger partial charge is 0.0541 e. The van der Waals surface area contributed by atoms with Crippen LogP contribution in [0.3, 0.4) is 0 Å². The highest BCUT2D eigenvalue weighted by atomic mass is 15.0. The summed E-state index contributed by atoms with van der Waals surface area (Å²) in [6.45, 7) is 0. The molecule has 0 aliphatic heterocycles. The molecule has 0 aliphatic rings. The number of benzene rings is 9. The van der Waals surface area contributed by atoms with E-state index in [9.17, 15) is 0 Å². The molecule has 0 N–H and O–H groups in total. The van der Waals surface area contributed by atoms with Crippen molar-refractivity contribution in [2.75, 3.05) is 0 Å². The number of nitrogens with zero attached hydrogens (tertiary/aromatic N) is 2. The fourth-order valence-electron chi connectivity index (χ4n) is 8.55. The highest BCUT2D eigenvalue weighted by Crippen LogP contribution is 2.41. The molecule has 11 rings (SSSR count). The second-order valence-corrected chi connectivity index (χ2v) is 14.2. The van der Waals surface area contributed by atoms with Crippen LogP contribution >= 0.6 is 0 Å². The van der Waals surface area contributed by atoms with E-state index in [1.807, 2.05) is 0 Å². The Labute approximate surface area is 313 Å². The van der Waals surface area contributed by atoms with Gasteiger partial charge in [-0.25, -0.2) is 0 Å².